The van der Waals surface area contributed by atoms with Crippen LogP contribution in [0, 0.1) is 17.1 Å². The Morgan fingerprint density at radius 2 is 2.00 bits per heavy atom. The number of thioether (sulfide) groups is 1. The molecule has 0 saturated heterocycles. The van der Waals surface area contributed by atoms with Crippen LogP contribution < -0.4 is 5.73 Å². The molecule has 2 heterocycles. The number of rotatable bonds is 3. The second-order valence-electron chi connectivity index (χ2n) is 4.79. The molecule has 0 radical (unpaired) electrons. The van der Waals surface area contributed by atoms with Crippen molar-refractivity contribution in [2.75, 3.05) is 0 Å². The van der Waals surface area contributed by atoms with Gasteiger partial charge in [-0.1, -0.05) is 17.8 Å². The maximum absolute atomic E-state index is 13.0. The molecule has 0 aliphatic carbocycles. The zero-order chi connectivity index (χ0) is 15.7. The largest absolute Gasteiger partial charge is 0.393 e. The van der Waals surface area contributed by atoms with Crippen LogP contribution in [0.1, 0.15) is 21.2 Å². The Hall–Kier alpha value is -2.10. The summed E-state index contributed by atoms with van der Waals surface area (Å²) in [6.07, 6.45) is 0. The molecule has 0 spiro atoms. The lowest BCUT2D eigenvalue weighted by Crippen LogP contribution is -2.22. The number of hydrogen-bond acceptors (Lipinski definition) is 5. The molecule has 1 aliphatic rings. The first-order valence-electron chi connectivity index (χ1n) is 6.51. The summed E-state index contributed by atoms with van der Waals surface area (Å²) in [5.41, 5.74) is 6.79. The number of hydrogen-bond donors (Lipinski definition) is 1. The molecule has 22 heavy (non-hydrogen) atoms. The molecule has 2 atom stereocenters. The van der Waals surface area contributed by atoms with Gasteiger partial charge in [0.1, 0.15) is 5.82 Å². The topological polar surface area (TPSA) is 66.9 Å². The van der Waals surface area contributed by atoms with E-state index in [1.54, 1.807) is 0 Å². The maximum Gasteiger partial charge on any atom is 0.177 e. The molecular formula is C16H11FN2OS2. The summed E-state index contributed by atoms with van der Waals surface area (Å²) in [6.45, 7) is 0. The maximum atomic E-state index is 13.0. The molecule has 3 rings (SSSR count). The van der Waals surface area contributed by atoms with Crippen molar-refractivity contribution in [2.45, 2.75) is 11.2 Å². The van der Waals surface area contributed by atoms with Gasteiger partial charge in [-0.3, -0.25) is 4.79 Å². The van der Waals surface area contributed by atoms with E-state index in [2.05, 4.69) is 6.07 Å². The van der Waals surface area contributed by atoms with Crippen molar-refractivity contribution in [3.63, 3.8) is 0 Å². The van der Waals surface area contributed by atoms with Crippen LogP contribution in [0.2, 0.25) is 0 Å². The van der Waals surface area contributed by atoms with E-state index in [1.807, 2.05) is 17.5 Å². The quantitative estimate of drug-likeness (QED) is 0.872. The number of nitrogens with zero attached hydrogens (tertiary/aromatic N) is 1. The number of thiophene rings is 1. The van der Waals surface area contributed by atoms with Crippen LogP contribution in [0.4, 0.5) is 4.39 Å². The van der Waals surface area contributed by atoms with Gasteiger partial charge in [0.2, 0.25) is 0 Å². The van der Waals surface area contributed by atoms with E-state index in [1.165, 1.54) is 47.4 Å². The predicted octanol–water partition coefficient (Wildman–Crippen LogP) is 3.66. The van der Waals surface area contributed by atoms with Crippen molar-refractivity contribution in [2.24, 2.45) is 5.73 Å². The summed E-state index contributed by atoms with van der Waals surface area (Å²) < 4.78 is 13.0. The molecule has 2 aromatic rings. The van der Waals surface area contributed by atoms with Gasteiger partial charge in [-0.05, 0) is 35.7 Å². The van der Waals surface area contributed by atoms with E-state index < -0.39 is 5.25 Å². The number of Topliss-reactive ketones (excluding diaryl/α,β-unsaturated/α-hetero) is 1. The average molecular weight is 330 g/mol. The van der Waals surface area contributed by atoms with Crippen molar-refractivity contribution in [1.29, 1.82) is 5.26 Å². The molecule has 0 unspecified atom stereocenters. The highest BCUT2D eigenvalue weighted by Crippen LogP contribution is 2.47. The summed E-state index contributed by atoms with van der Waals surface area (Å²) in [5, 5.41) is 11.2. The molecule has 0 bridgehead atoms. The summed E-state index contributed by atoms with van der Waals surface area (Å²) in [6, 6.07) is 11.4. The van der Waals surface area contributed by atoms with Crippen molar-refractivity contribution in [3.05, 3.63) is 68.6 Å². The highest BCUT2D eigenvalue weighted by molar-refractivity contribution is 8.04. The molecule has 110 valence electrons. The van der Waals surface area contributed by atoms with Gasteiger partial charge in [-0.2, -0.15) is 5.26 Å². The molecule has 6 heteroatoms. The van der Waals surface area contributed by atoms with Crippen LogP contribution >= 0.6 is 23.1 Å². The zero-order valence-electron chi connectivity index (χ0n) is 11.3. The molecule has 1 aliphatic heterocycles. The minimum atomic E-state index is -0.487. The Morgan fingerprint density at radius 1 is 1.27 bits per heavy atom. The van der Waals surface area contributed by atoms with Gasteiger partial charge < -0.3 is 5.73 Å². The van der Waals surface area contributed by atoms with Crippen molar-refractivity contribution < 1.29 is 9.18 Å². The molecule has 2 N–H and O–H groups in total. The standard InChI is InChI=1S/C16H11FN2OS2/c17-10-5-3-9(4-6-10)14(20)15-13(12-2-1-7-21-12)11(8-18)16(19)22-15/h1-7,13,15H,19H2/t13-,15-/m1/s1. The second kappa shape index (κ2) is 5.95. The number of carbonyl (C=O) groups excluding carboxylic acids is 1. The fourth-order valence-electron chi connectivity index (χ4n) is 2.44. The monoisotopic (exact) mass is 330 g/mol. The van der Waals surface area contributed by atoms with E-state index in [-0.39, 0.29) is 17.5 Å². The molecule has 1 aromatic heterocycles. The van der Waals surface area contributed by atoms with Crippen LogP contribution in [-0.4, -0.2) is 11.0 Å². The first-order chi connectivity index (χ1) is 10.6. The van der Waals surface area contributed by atoms with E-state index in [0.29, 0.717) is 16.2 Å². The Morgan fingerprint density at radius 3 is 2.59 bits per heavy atom. The Labute approximate surface area is 135 Å². The smallest absolute Gasteiger partial charge is 0.177 e. The van der Waals surface area contributed by atoms with Crippen molar-refractivity contribution >= 4 is 28.9 Å². The summed E-state index contributed by atoms with van der Waals surface area (Å²) in [7, 11) is 0. The third-order valence-corrected chi connectivity index (χ3v) is 5.66. The van der Waals surface area contributed by atoms with Gasteiger partial charge in [-0.15, -0.1) is 11.3 Å². The van der Waals surface area contributed by atoms with Gasteiger partial charge in [-0.25, -0.2) is 4.39 Å². The SMILES string of the molecule is N#CC1=C(N)S[C@@H](C(=O)c2ccc(F)cc2)[C@H]1c1cccs1. The number of nitrogens with two attached hydrogens (primary N) is 1. The first-order valence-corrected chi connectivity index (χ1v) is 8.27. The van der Waals surface area contributed by atoms with Crippen LogP contribution in [0.5, 0.6) is 0 Å². The molecule has 1 aromatic carbocycles. The van der Waals surface area contributed by atoms with Crippen molar-refractivity contribution in [1.82, 2.24) is 0 Å². The van der Waals surface area contributed by atoms with E-state index in [0.717, 1.165) is 4.88 Å². The number of ketones is 1. The Kier molecular flexibility index (Phi) is 4.01. The van der Waals surface area contributed by atoms with Gasteiger partial charge in [0.05, 0.1) is 27.8 Å². The lowest BCUT2D eigenvalue weighted by molar-refractivity contribution is 0.0986. The molecule has 0 saturated carbocycles. The Bertz CT molecular complexity index is 775. The second-order valence-corrected chi connectivity index (χ2v) is 6.96. The third-order valence-electron chi connectivity index (χ3n) is 3.49. The fourth-order valence-corrected chi connectivity index (χ4v) is 4.63. The number of carbonyl (C=O) groups is 1. The van der Waals surface area contributed by atoms with Gasteiger partial charge in [0, 0.05) is 10.4 Å². The summed E-state index contributed by atoms with van der Waals surface area (Å²) >= 11 is 2.70. The minimum absolute atomic E-state index is 0.142. The number of allylic oxidation sites excluding steroid dienone is 1. The van der Waals surface area contributed by atoms with E-state index in [4.69, 9.17) is 5.73 Å². The highest BCUT2D eigenvalue weighted by Gasteiger charge is 2.41. The third kappa shape index (κ3) is 2.54. The van der Waals surface area contributed by atoms with Crippen LogP contribution in [0.15, 0.2) is 52.4 Å². The van der Waals surface area contributed by atoms with Gasteiger partial charge in [0.25, 0.3) is 0 Å². The minimum Gasteiger partial charge on any atom is -0.393 e. The number of nitriles is 1. The fraction of sp³-hybridized carbons (Fsp3) is 0.125. The average Bonchev–Trinajstić information content (AvgIpc) is 3.14. The van der Waals surface area contributed by atoms with Crippen LogP contribution in [0.3, 0.4) is 0 Å². The van der Waals surface area contributed by atoms with Gasteiger partial charge in [0.15, 0.2) is 5.78 Å². The molecule has 0 fully saturated rings. The lowest BCUT2D eigenvalue weighted by atomic mass is 9.90. The zero-order valence-corrected chi connectivity index (χ0v) is 13.0. The summed E-state index contributed by atoms with van der Waals surface area (Å²) in [4.78, 5) is 13.7. The van der Waals surface area contributed by atoms with E-state index in [9.17, 15) is 14.4 Å². The van der Waals surface area contributed by atoms with Crippen LogP contribution in [-0.2, 0) is 0 Å². The van der Waals surface area contributed by atoms with Crippen LogP contribution in [0.25, 0.3) is 0 Å². The predicted molar refractivity (Wildman–Crippen MR) is 86.0 cm³/mol. The summed E-state index contributed by atoms with van der Waals surface area (Å²) in [5.74, 6) is -0.870. The normalized spacial score (nSPS) is 20.9. The molecule has 0 amide bonds. The molecular weight excluding hydrogens is 319 g/mol. The number of halogens is 1. The molecule has 3 nitrogen and oxygen atoms in total. The lowest BCUT2D eigenvalue weighted by Gasteiger charge is -2.17. The van der Waals surface area contributed by atoms with Gasteiger partial charge >= 0.3 is 0 Å². The van der Waals surface area contributed by atoms with E-state index >= 15 is 0 Å². The highest BCUT2D eigenvalue weighted by atomic mass is 32.2. The Balaban J connectivity index is 1.98. The first kappa shape index (κ1) is 14.8. The number of benzene rings is 1. The van der Waals surface area contributed by atoms with Crippen molar-refractivity contribution in [3.8, 4) is 6.07 Å².